The van der Waals surface area contributed by atoms with Crippen LogP contribution in [0, 0.1) is 11.3 Å². The number of rotatable bonds is 6. The Hall–Kier alpha value is -3.08. The third-order valence-corrected chi connectivity index (χ3v) is 3.33. The Morgan fingerprint density at radius 2 is 2.26 bits per heavy atom. The molecule has 2 amide bonds. The minimum absolute atomic E-state index is 0.0172. The molecule has 120 valence electrons. The maximum absolute atomic E-state index is 12.1. The number of benzene rings is 1. The molecule has 23 heavy (non-hydrogen) atoms. The number of carboxylic acids is 1. The minimum Gasteiger partial charge on any atom is -0.481 e. The Bertz CT molecular complexity index is 667. The smallest absolute Gasteiger partial charge is 0.410 e. The number of hydrogen-bond acceptors (Lipinski definition) is 5. The number of ether oxygens (including phenoxy) is 1. The van der Waals surface area contributed by atoms with Crippen LogP contribution in [0.3, 0.4) is 0 Å². The van der Waals surface area contributed by atoms with Crippen molar-refractivity contribution in [1.82, 2.24) is 10.2 Å². The van der Waals surface area contributed by atoms with Crippen molar-refractivity contribution in [2.45, 2.75) is 19.0 Å². The summed E-state index contributed by atoms with van der Waals surface area (Å²) in [6.07, 6.45) is -0.817. The van der Waals surface area contributed by atoms with Gasteiger partial charge < -0.3 is 15.2 Å². The van der Waals surface area contributed by atoms with Crippen LogP contribution in [0.15, 0.2) is 24.3 Å². The van der Waals surface area contributed by atoms with Crippen molar-refractivity contribution < 1.29 is 24.2 Å². The Labute approximate surface area is 132 Å². The number of nitriles is 1. The molecule has 1 aliphatic heterocycles. The molecule has 0 spiro atoms. The SMILES string of the molecule is N#Cc1cccc(CN2C(=O)OC[C@H]2C(=O)NCCC(=O)O)c1. The molecule has 8 nitrogen and oxygen atoms in total. The molecule has 1 aliphatic rings. The second-order valence-corrected chi connectivity index (χ2v) is 4.97. The Morgan fingerprint density at radius 3 is 2.96 bits per heavy atom. The van der Waals surface area contributed by atoms with Crippen molar-refractivity contribution >= 4 is 18.0 Å². The molecule has 0 aromatic heterocycles. The predicted molar refractivity (Wildman–Crippen MR) is 77.1 cm³/mol. The summed E-state index contributed by atoms with van der Waals surface area (Å²) in [5.41, 5.74) is 1.16. The van der Waals surface area contributed by atoms with Crippen LogP contribution in [-0.4, -0.2) is 47.2 Å². The predicted octanol–water partition coefficient (Wildman–Crippen LogP) is 0.470. The fourth-order valence-corrected chi connectivity index (χ4v) is 2.19. The van der Waals surface area contributed by atoms with Crippen LogP contribution in [0.5, 0.6) is 0 Å². The molecule has 1 saturated heterocycles. The minimum atomic E-state index is -1.02. The van der Waals surface area contributed by atoms with Crippen LogP contribution in [0.4, 0.5) is 4.79 Å². The molecule has 2 rings (SSSR count). The zero-order valence-corrected chi connectivity index (χ0v) is 12.2. The normalized spacial score (nSPS) is 16.6. The average molecular weight is 317 g/mol. The number of amides is 2. The zero-order chi connectivity index (χ0) is 16.8. The highest BCUT2D eigenvalue weighted by atomic mass is 16.6. The Morgan fingerprint density at radius 1 is 1.48 bits per heavy atom. The van der Waals surface area contributed by atoms with Crippen LogP contribution >= 0.6 is 0 Å². The summed E-state index contributed by atoms with van der Waals surface area (Å²) < 4.78 is 4.90. The largest absolute Gasteiger partial charge is 0.481 e. The molecule has 2 N–H and O–H groups in total. The number of aliphatic carboxylic acids is 1. The lowest BCUT2D eigenvalue weighted by Gasteiger charge is -2.20. The summed E-state index contributed by atoms with van der Waals surface area (Å²) in [5, 5.41) is 19.9. The van der Waals surface area contributed by atoms with Crippen molar-refractivity contribution in [3.63, 3.8) is 0 Å². The molecule has 0 radical (unpaired) electrons. The number of carbonyl (C=O) groups excluding carboxylic acids is 2. The van der Waals surface area contributed by atoms with Crippen molar-refractivity contribution in [2.75, 3.05) is 13.2 Å². The molecule has 8 heteroatoms. The summed E-state index contributed by atoms with van der Waals surface area (Å²) in [5.74, 6) is -1.48. The van der Waals surface area contributed by atoms with Gasteiger partial charge in [0.15, 0.2) is 0 Å². The van der Waals surface area contributed by atoms with Gasteiger partial charge in [-0.3, -0.25) is 14.5 Å². The van der Waals surface area contributed by atoms with E-state index in [1.165, 1.54) is 4.90 Å². The number of carbonyl (C=O) groups is 3. The van der Waals surface area contributed by atoms with Gasteiger partial charge in [-0.2, -0.15) is 5.26 Å². The Balaban J connectivity index is 2.03. The highest BCUT2D eigenvalue weighted by Gasteiger charge is 2.37. The number of nitrogens with zero attached hydrogens (tertiary/aromatic N) is 2. The third-order valence-electron chi connectivity index (χ3n) is 3.33. The lowest BCUT2D eigenvalue weighted by Crippen LogP contribution is -2.45. The first kappa shape index (κ1) is 16.3. The highest BCUT2D eigenvalue weighted by molar-refractivity contribution is 5.88. The van der Waals surface area contributed by atoms with Crippen LogP contribution in [0.1, 0.15) is 17.5 Å². The molecule has 0 saturated carbocycles. The van der Waals surface area contributed by atoms with Gasteiger partial charge >= 0.3 is 12.1 Å². The first-order valence-electron chi connectivity index (χ1n) is 6.93. The molecular formula is C15H15N3O5. The molecule has 0 bridgehead atoms. The van der Waals surface area contributed by atoms with Gasteiger partial charge in [0, 0.05) is 6.54 Å². The van der Waals surface area contributed by atoms with Gasteiger partial charge in [-0.1, -0.05) is 12.1 Å². The van der Waals surface area contributed by atoms with Gasteiger partial charge in [-0.05, 0) is 17.7 Å². The van der Waals surface area contributed by atoms with Crippen LogP contribution in [0.2, 0.25) is 0 Å². The topological polar surface area (TPSA) is 120 Å². The standard InChI is InChI=1S/C15H15N3O5/c16-7-10-2-1-3-11(6-10)8-18-12(9-23-15(18)22)14(21)17-5-4-13(19)20/h1-3,6,12H,4-5,8-9H2,(H,17,21)(H,19,20)/t12-/m0/s1. The maximum Gasteiger partial charge on any atom is 0.410 e. The number of cyclic esters (lactones) is 1. The van der Waals surface area contributed by atoms with E-state index in [2.05, 4.69) is 5.32 Å². The summed E-state index contributed by atoms with van der Waals surface area (Å²) in [4.78, 5) is 35.6. The van der Waals surface area contributed by atoms with E-state index in [9.17, 15) is 14.4 Å². The third kappa shape index (κ3) is 4.20. The summed E-state index contributed by atoms with van der Waals surface area (Å²) >= 11 is 0. The molecule has 1 heterocycles. The number of nitrogens with one attached hydrogen (secondary N) is 1. The fraction of sp³-hybridized carbons (Fsp3) is 0.333. The van der Waals surface area contributed by atoms with E-state index >= 15 is 0 Å². The summed E-state index contributed by atoms with van der Waals surface area (Å²) in [6.45, 7) is 0.0255. The van der Waals surface area contributed by atoms with Crippen molar-refractivity contribution in [1.29, 1.82) is 5.26 Å². The van der Waals surface area contributed by atoms with Crippen LogP contribution in [0.25, 0.3) is 0 Å². The van der Waals surface area contributed by atoms with E-state index in [-0.39, 0.29) is 26.1 Å². The molecule has 0 unspecified atom stereocenters. The molecule has 1 fully saturated rings. The van der Waals surface area contributed by atoms with Gasteiger partial charge in [0.1, 0.15) is 12.6 Å². The molecule has 1 atom stereocenters. The summed E-state index contributed by atoms with van der Waals surface area (Å²) in [7, 11) is 0. The monoisotopic (exact) mass is 317 g/mol. The van der Waals surface area contributed by atoms with E-state index in [4.69, 9.17) is 15.1 Å². The maximum atomic E-state index is 12.1. The number of carboxylic acid groups (broad SMARTS) is 1. The second kappa shape index (κ2) is 7.26. The average Bonchev–Trinajstić information content (AvgIpc) is 2.88. The lowest BCUT2D eigenvalue weighted by atomic mass is 10.1. The first-order chi connectivity index (χ1) is 11.0. The molecular weight excluding hydrogens is 302 g/mol. The molecule has 1 aromatic rings. The van der Waals surface area contributed by atoms with Crippen molar-refractivity contribution in [3.8, 4) is 6.07 Å². The molecule has 1 aromatic carbocycles. The van der Waals surface area contributed by atoms with Crippen LogP contribution < -0.4 is 5.32 Å². The summed E-state index contributed by atoms with van der Waals surface area (Å²) in [6, 6.07) is 7.89. The van der Waals surface area contributed by atoms with Gasteiger partial charge in [-0.15, -0.1) is 0 Å². The second-order valence-electron chi connectivity index (χ2n) is 4.97. The Kier molecular flexibility index (Phi) is 5.15. The fourth-order valence-electron chi connectivity index (χ4n) is 2.19. The lowest BCUT2D eigenvalue weighted by molar-refractivity contribution is -0.137. The van der Waals surface area contributed by atoms with E-state index in [0.29, 0.717) is 11.1 Å². The number of hydrogen-bond donors (Lipinski definition) is 2. The first-order valence-corrected chi connectivity index (χ1v) is 6.93. The quantitative estimate of drug-likeness (QED) is 0.787. The van der Waals surface area contributed by atoms with Crippen molar-refractivity contribution in [2.24, 2.45) is 0 Å². The van der Waals surface area contributed by atoms with Crippen LogP contribution in [-0.2, 0) is 20.9 Å². The highest BCUT2D eigenvalue weighted by Crippen LogP contribution is 2.17. The van der Waals surface area contributed by atoms with E-state index in [1.807, 2.05) is 6.07 Å². The zero-order valence-electron chi connectivity index (χ0n) is 12.2. The van der Waals surface area contributed by atoms with E-state index in [1.54, 1.807) is 24.3 Å². The van der Waals surface area contributed by atoms with Gasteiger partial charge in [0.05, 0.1) is 24.6 Å². The van der Waals surface area contributed by atoms with Crippen molar-refractivity contribution in [3.05, 3.63) is 35.4 Å². The molecule has 0 aliphatic carbocycles. The van der Waals surface area contributed by atoms with Gasteiger partial charge in [0.2, 0.25) is 5.91 Å². The van der Waals surface area contributed by atoms with Gasteiger partial charge in [0.25, 0.3) is 0 Å². The van der Waals surface area contributed by atoms with E-state index < -0.39 is 24.0 Å². The van der Waals surface area contributed by atoms with Gasteiger partial charge in [-0.25, -0.2) is 4.79 Å². The van der Waals surface area contributed by atoms with E-state index in [0.717, 1.165) is 0 Å².